The Labute approximate surface area is 275 Å². The summed E-state index contributed by atoms with van der Waals surface area (Å²) in [6, 6.07) is 12.0. The second kappa shape index (κ2) is 13.4. The first-order valence-corrected chi connectivity index (χ1v) is 20.2. The van der Waals surface area contributed by atoms with Crippen molar-refractivity contribution in [2.45, 2.75) is 90.8 Å². The molecule has 6 rings (SSSR count). The molecule has 1 aliphatic heterocycles. The first kappa shape index (κ1) is 32.6. The van der Waals surface area contributed by atoms with Crippen molar-refractivity contribution in [3.63, 3.8) is 0 Å². The number of carbonyl (C=O) groups is 2. The number of pyridine rings is 1. The van der Waals surface area contributed by atoms with Crippen molar-refractivity contribution in [1.29, 1.82) is 0 Å². The maximum Gasteiger partial charge on any atom is 0.274 e. The lowest BCUT2D eigenvalue weighted by Crippen LogP contribution is -2.46. The third-order valence-electron chi connectivity index (χ3n) is 8.71. The number of carbonyl (C=O) groups excluding carboxylic acids is 2. The van der Waals surface area contributed by atoms with Crippen molar-refractivity contribution >= 4 is 31.1 Å². The monoisotopic (exact) mass is 656 g/mol. The Morgan fingerprint density at radius 1 is 1.11 bits per heavy atom. The molecule has 0 radical (unpaired) electrons. The van der Waals surface area contributed by atoms with Crippen LogP contribution in [-0.2, 0) is 31.2 Å². The molecular weight excluding hydrogens is 613 g/mol. The molecule has 0 spiro atoms. The number of nitrogens with one attached hydrogen (secondary N) is 1. The Morgan fingerprint density at radius 3 is 2.57 bits per heavy atom. The average Bonchev–Trinajstić information content (AvgIpc) is 3.83. The van der Waals surface area contributed by atoms with Crippen molar-refractivity contribution in [3.8, 4) is 5.75 Å². The Kier molecular flexibility index (Phi) is 9.33. The van der Waals surface area contributed by atoms with Gasteiger partial charge in [-0.15, -0.1) is 0 Å². The molecule has 4 aromatic rings. The van der Waals surface area contributed by atoms with Crippen LogP contribution < -0.4 is 15.5 Å². The molecule has 4 heterocycles. The largest absolute Gasteiger partial charge is 0.483 e. The van der Waals surface area contributed by atoms with Crippen molar-refractivity contribution in [1.82, 2.24) is 29.3 Å². The molecule has 0 bridgehead atoms. The fourth-order valence-electron chi connectivity index (χ4n) is 5.81. The normalized spacial score (nSPS) is 14.9. The second-order valence-electron chi connectivity index (χ2n) is 14.0. The highest BCUT2D eigenvalue weighted by Crippen LogP contribution is 2.39. The number of fused-ring (bicyclic) bond motifs is 2. The molecule has 2 amide bonds. The summed E-state index contributed by atoms with van der Waals surface area (Å²) in [6.45, 7) is 12.9. The van der Waals surface area contributed by atoms with E-state index in [4.69, 9.17) is 14.5 Å². The summed E-state index contributed by atoms with van der Waals surface area (Å²) in [5, 5.41) is 2.99. The molecule has 2 aliphatic rings. The number of hydrogen-bond acceptors (Lipinski definition) is 7. The zero-order chi connectivity index (χ0) is 33.3. The van der Waals surface area contributed by atoms with Gasteiger partial charge in [0, 0.05) is 57.7 Å². The highest BCUT2D eigenvalue weighted by molar-refractivity contribution is 6.76. The third kappa shape index (κ3) is 7.33. The van der Waals surface area contributed by atoms with E-state index in [2.05, 4.69) is 29.9 Å². The predicted molar refractivity (Wildman–Crippen MR) is 182 cm³/mol. The fourth-order valence-corrected chi connectivity index (χ4v) is 6.57. The highest BCUT2D eigenvalue weighted by atomic mass is 28.3. The van der Waals surface area contributed by atoms with Gasteiger partial charge in [0.05, 0.1) is 24.0 Å². The molecule has 0 atom stereocenters. The maximum absolute atomic E-state index is 13.8. The minimum atomic E-state index is -1.25. The lowest BCUT2D eigenvalue weighted by Gasteiger charge is -2.35. The summed E-state index contributed by atoms with van der Waals surface area (Å²) in [7, 11) is -1.25. The van der Waals surface area contributed by atoms with E-state index in [1.807, 2.05) is 53.3 Å². The van der Waals surface area contributed by atoms with E-state index in [1.54, 1.807) is 17.3 Å². The van der Waals surface area contributed by atoms with Crippen LogP contribution in [0.15, 0.2) is 53.6 Å². The summed E-state index contributed by atoms with van der Waals surface area (Å²) in [4.78, 5) is 52.3. The van der Waals surface area contributed by atoms with Crippen LogP contribution in [0.1, 0.15) is 70.4 Å². The van der Waals surface area contributed by atoms with Gasteiger partial charge in [-0.1, -0.05) is 50.0 Å². The van der Waals surface area contributed by atoms with E-state index in [0.29, 0.717) is 48.0 Å². The van der Waals surface area contributed by atoms with Crippen LogP contribution >= 0.6 is 0 Å². The number of hydrogen-bond donors (Lipinski definition) is 1. The first-order chi connectivity index (χ1) is 22.5. The smallest absolute Gasteiger partial charge is 0.274 e. The van der Waals surface area contributed by atoms with Gasteiger partial charge in [-0.25, -0.2) is 9.97 Å². The predicted octanol–water partition coefficient (Wildman–Crippen LogP) is 5.16. The number of ether oxygens (including phenoxy) is 2. The lowest BCUT2D eigenvalue weighted by molar-refractivity contribution is 0.0636. The molecular formula is C35H44N6O5Si. The molecule has 1 aliphatic carbocycles. The van der Waals surface area contributed by atoms with E-state index in [9.17, 15) is 14.4 Å². The number of benzene rings is 1. The molecule has 1 fully saturated rings. The van der Waals surface area contributed by atoms with E-state index in [0.717, 1.165) is 30.1 Å². The molecule has 1 N–H and O–H groups in total. The van der Waals surface area contributed by atoms with Crippen molar-refractivity contribution in [2.24, 2.45) is 0 Å². The van der Waals surface area contributed by atoms with Crippen LogP contribution in [0.2, 0.25) is 25.7 Å². The molecule has 1 saturated carbocycles. The summed E-state index contributed by atoms with van der Waals surface area (Å²) >= 11 is 0. The van der Waals surface area contributed by atoms with Crippen LogP contribution in [0.5, 0.6) is 5.75 Å². The average molecular weight is 657 g/mol. The Hall–Kier alpha value is -4.29. The van der Waals surface area contributed by atoms with Gasteiger partial charge < -0.3 is 28.8 Å². The van der Waals surface area contributed by atoms with E-state index in [-0.39, 0.29) is 49.2 Å². The molecule has 47 heavy (non-hydrogen) atoms. The van der Waals surface area contributed by atoms with E-state index in [1.165, 1.54) is 6.07 Å². The van der Waals surface area contributed by atoms with E-state index < -0.39 is 13.5 Å². The van der Waals surface area contributed by atoms with E-state index >= 15 is 0 Å². The molecule has 0 unspecified atom stereocenters. The van der Waals surface area contributed by atoms with Gasteiger partial charge in [0.2, 0.25) is 5.43 Å². The van der Waals surface area contributed by atoms with Crippen LogP contribution in [0.25, 0.3) is 11.2 Å². The van der Waals surface area contributed by atoms with Crippen LogP contribution in [0.3, 0.4) is 0 Å². The molecule has 3 aromatic heterocycles. The molecule has 248 valence electrons. The summed E-state index contributed by atoms with van der Waals surface area (Å²) in [6.07, 6.45) is 5.69. The minimum Gasteiger partial charge on any atom is -0.483 e. The number of amides is 2. The van der Waals surface area contributed by atoms with Gasteiger partial charge in [-0.3, -0.25) is 14.4 Å². The van der Waals surface area contributed by atoms with Gasteiger partial charge >= 0.3 is 0 Å². The molecule has 12 heteroatoms. The standard InChI is InChI=1S/C35H44N6O5Si/c1-23(2)40-13-14-41-26(17-29(42)32(31(41)35(40)44)46-21-24-9-7-6-8-10-24)18-37-34(43)27-20-39(22-45-15-16-47(3,4)5)33-30(27)38-28(19-36-33)25-11-12-25/h6-10,17,19-20,23,25H,11-16,18,21-22H2,1-5H3,(H,37,43). The van der Waals surface area contributed by atoms with Gasteiger partial charge in [-0.2, -0.15) is 0 Å². The first-order valence-electron chi connectivity index (χ1n) is 16.5. The van der Waals surface area contributed by atoms with Crippen molar-refractivity contribution < 1.29 is 19.1 Å². The van der Waals surface area contributed by atoms with Gasteiger partial charge in [0.15, 0.2) is 17.1 Å². The number of nitrogens with zero attached hydrogens (tertiary/aromatic N) is 5. The minimum absolute atomic E-state index is 0.0272. The summed E-state index contributed by atoms with van der Waals surface area (Å²) < 4.78 is 15.7. The third-order valence-corrected chi connectivity index (χ3v) is 10.4. The zero-order valence-electron chi connectivity index (χ0n) is 27.9. The lowest BCUT2D eigenvalue weighted by atomic mass is 10.1. The summed E-state index contributed by atoms with van der Waals surface area (Å²) in [5.74, 6) is -0.197. The maximum atomic E-state index is 13.8. The van der Waals surface area contributed by atoms with Gasteiger partial charge in [0.1, 0.15) is 18.9 Å². The van der Waals surface area contributed by atoms with Crippen LogP contribution in [0.4, 0.5) is 0 Å². The Morgan fingerprint density at radius 2 is 1.87 bits per heavy atom. The molecule has 1 aromatic carbocycles. The highest BCUT2D eigenvalue weighted by Gasteiger charge is 2.33. The molecule has 11 nitrogen and oxygen atoms in total. The van der Waals surface area contributed by atoms with Crippen molar-refractivity contribution in [2.75, 3.05) is 13.2 Å². The Balaban J connectivity index is 1.27. The molecule has 0 saturated heterocycles. The van der Waals surface area contributed by atoms with Crippen LogP contribution in [-0.4, -0.2) is 63.1 Å². The summed E-state index contributed by atoms with van der Waals surface area (Å²) in [5.41, 5.74) is 3.66. The SMILES string of the molecule is CC(C)N1CCn2c(CNC(=O)c3cn(COCC[Si](C)(C)C)c4ncc(C5CC5)nc34)cc(=O)c(OCc3ccccc3)c2C1=O. The van der Waals surface area contributed by atoms with Crippen molar-refractivity contribution in [3.05, 3.63) is 87.2 Å². The topological polar surface area (TPSA) is 121 Å². The van der Waals surface area contributed by atoms with Gasteiger partial charge in [0.25, 0.3) is 11.8 Å². The second-order valence-corrected chi connectivity index (χ2v) is 19.6. The Bertz CT molecular complexity index is 1840. The zero-order valence-corrected chi connectivity index (χ0v) is 28.9. The number of aromatic nitrogens is 4. The quantitative estimate of drug-likeness (QED) is 0.156. The van der Waals surface area contributed by atoms with Gasteiger partial charge in [-0.05, 0) is 38.3 Å². The fraction of sp³-hybridized carbons (Fsp3) is 0.457. The van der Waals surface area contributed by atoms with Crippen LogP contribution in [0, 0.1) is 0 Å². The number of rotatable bonds is 13.